The fraction of sp³-hybridized carbons (Fsp3) is 0.529. The number of para-hydroxylation sites is 1. The first kappa shape index (κ1) is 13.7. The minimum atomic E-state index is 0.922. The lowest BCUT2D eigenvalue weighted by Gasteiger charge is -2.30. The molecule has 2 heterocycles. The Bertz CT molecular complexity index is 538. The van der Waals surface area contributed by atoms with Gasteiger partial charge in [-0.25, -0.2) is 0 Å². The molecular weight excluding hydrogens is 246 g/mol. The van der Waals surface area contributed by atoms with Crippen molar-refractivity contribution in [3.8, 4) is 0 Å². The molecule has 0 aliphatic carbocycles. The zero-order chi connectivity index (χ0) is 13.8. The van der Waals surface area contributed by atoms with Crippen molar-refractivity contribution in [1.29, 1.82) is 0 Å². The molecule has 1 aromatic heterocycles. The van der Waals surface area contributed by atoms with Crippen LogP contribution in [-0.4, -0.2) is 36.1 Å². The maximum absolute atomic E-state index is 3.58. The number of aromatic nitrogens is 1. The summed E-state index contributed by atoms with van der Waals surface area (Å²) < 4.78 is 0. The standard InChI is InChI=1S/C17H25N3/c1-14-6-9-20(10-7-14)11-8-18-12-15-13-19-17-5-3-2-4-16(15)17/h2-5,13-14,18-19H,6-12H2,1H3. The summed E-state index contributed by atoms with van der Waals surface area (Å²) in [6, 6.07) is 8.50. The third kappa shape index (κ3) is 3.22. The van der Waals surface area contributed by atoms with Crippen LogP contribution in [0.25, 0.3) is 10.9 Å². The lowest BCUT2D eigenvalue weighted by molar-refractivity contribution is 0.193. The van der Waals surface area contributed by atoms with Crippen LogP contribution >= 0.6 is 0 Å². The second-order valence-corrected chi connectivity index (χ2v) is 6.06. The van der Waals surface area contributed by atoms with Crippen molar-refractivity contribution in [3.05, 3.63) is 36.0 Å². The van der Waals surface area contributed by atoms with Crippen LogP contribution in [0.4, 0.5) is 0 Å². The molecule has 3 rings (SSSR count). The van der Waals surface area contributed by atoms with E-state index in [1.807, 2.05) is 0 Å². The summed E-state index contributed by atoms with van der Waals surface area (Å²) in [4.78, 5) is 5.92. The predicted molar refractivity (Wildman–Crippen MR) is 84.8 cm³/mol. The van der Waals surface area contributed by atoms with Crippen molar-refractivity contribution in [2.45, 2.75) is 26.3 Å². The summed E-state index contributed by atoms with van der Waals surface area (Å²) >= 11 is 0. The maximum Gasteiger partial charge on any atom is 0.0457 e. The highest BCUT2D eigenvalue weighted by atomic mass is 15.1. The van der Waals surface area contributed by atoms with E-state index in [4.69, 9.17) is 0 Å². The Labute approximate surface area is 121 Å². The van der Waals surface area contributed by atoms with E-state index in [1.165, 1.54) is 48.9 Å². The molecule has 0 radical (unpaired) electrons. The number of rotatable bonds is 5. The van der Waals surface area contributed by atoms with Gasteiger partial charge in [0.2, 0.25) is 0 Å². The van der Waals surface area contributed by atoms with Crippen molar-refractivity contribution >= 4 is 10.9 Å². The van der Waals surface area contributed by atoms with Crippen LogP contribution in [-0.2, 0) is 6.54 Å². The first-order valence-corrected chi connectivity index (χ1v) is 7.81. The monoisotopic (exact) mass is 271 g/mol. The van der Waals surface area contributed by atoms with Crippen LogP contribution in [0.1, 0.15) is 25.3 Å². The Morgan fingerprint density at radius 1 is 1.25 bits per heavy atom. The number of H-pyrrole nitrogens is 1. The Hall–Kier alpha value is -1.32. The molecule has 2 N–H and O–H groups in total. The molecule has 3 heteroatoms. The van der Waals surface area contributed by atoms with E-state index in [0.29, 0.717) is 0 Å². The van der Waals surface area contributed by atoms with E-state index in [-0.39, 0.29) is 0 Å². The first-order chi connectivity index (χ1) is 9.83. The average Bonchev–Trinajstić information content (AvgIpc) is 2.89. The molecule has 0 bridgehead atoms. The van der Waals surface area contributed by atoms with E-state index in [2.05, 4.69) is 52.6 Å². The van der Waals surface area contributed by atoms with E-state index in [1.54, 1.807) is 0 Å². The molecule has 3 nitrogen and oxygen atoms in total. The number of aromatic amines is 1. The molecule has 1 aliphatic rings. The second-order valence-electron chi connectivity index (χ2n) is 6.06. The van der Waals surface area contributed by atoms with Crippen LogP contribution in [0, 0.1) is 5.92 Å². The van der Waals surface area contributed by atoms with Gasteiger partial charge in [-0.05, 0) is 43.5 Å². The van der Waals surface area contributed by atoms with Gasteiger partial charge in [0.15, 0.2) is 0 Å². The Balaban J connectivity index is 1.44. The summed E-state index contributed by atoms with van der Waals surface area (Å²) in [6.07, 6.45) is 4.85. The Kier molecular flexibility index (Phi) is 4.38. The van der Waals surface area contributed by atoms with Crippen LogP contribution in [0.3, 0.4) is 0 Å². The highest BCUT2D eigenvalue weighted by Crippen LogP contribution is 2.17. The molecule has 0 atom stereocenters. The number of nitrogens with zero attached hydrogens (tertiary/aromatic N) is 1. The first-order valence-electron chi connectivity index (χ1n) is 7.81. The Morgan fingerprint density at radius 3 is 2.90 bits per heavy atom. The fourth-order valence-electron chi connectivity index (χ4n) is 3.02. The number of hydrogen-bond donors (Lipinski definition) is 2. The number of fused-ring (bicyclic) bond motifs is 1. The summed E-state index contributed by atoms with van der Waals surface area (Å²) in [6.45, 7) is 8.12. The molecule has 0 spiro atoms. The molecule has 20 heavy (non-hydrogen) atoms. The van der Waals surface area contributed by atoms with Crippen LogP contribution in [0.15, 0.2) is 30.5 Å². The van der Waals surface area contributed by atoms with Gasteiger partial charge in [0.25, 0.3) is 0 Å². The van der Waals surface area contributed by atoms with Gasteiger partial charge in [0.1, 0.15) is 0 Å². The lowest BCUT2D eigenvalue weighted by Crippen LogP contribution is -2.37. The number of likely N-dealkylation sites (tertiary alicyclic amines) is 1. The van der Waals surface area contributed by atoms with E-state index in [9.17, 15) is 0 Å². The molecule has 0 unspecified atom stereocenters. The van der Waals surface area contributed by atoms with E-state index in [0.717, 1.165) is 19.0 Å². The Morgan fingerprint density at radius 2 is 2.05 bits per heavy atom. The molecule has 108 valence electrons. The van der Waals surface area contributed by atoms with E-state index < -0.39 is 0 Å². The van der Waals surface area contributed by atoms with Crippen molar-refractivity contribution in [1.82, 2.24) is 15.2 Å². The highest BCUT2D eigenvalue weighted by molar-refractivity contribution is 5.82. The van der Waals surface area contributed by atoms with Gasteiger partial charge in [-0.15, -0.1) is 0 Å². The maximum atomic E-state index is 3.58. The SMILES string of the molecule is CC1CCN(CCNCc2c[nH]c3ccccc23)CC1. The summed E-state index contributed by atoms with van der Waals surface area (Å²) in [5, 5.41) is 4.92. The molecule has 2 aromatic rings. The van der Waals surface area contributed by atoms with Crippen molar-refractivity contribution in [2.75, 3.05) is 26.2 Å². The lowest BCUT2D eigenvalue weighted by atomic mass is 9.99. The minimum Gasteiger partial charge on any atom is -0.361 e. The van der Waals surface area contributed by atoms with Gasteiger partial charge in [0.05, 0.1) is 0 Å². The summed E-state index contributed by atoms with van der Waals surface area (Å²) in [7, 11) is 0. The van der Waals surface area contributed by atoms with Crippen LogP contribution in [0.5, 0.6) is 0 Å². The van der Waals surface area contributed by atoms with Crippen molar-refractivity contribution in [2.24, 2.45) is 5.92 Å². The summed E-state index contributed by atoms with van der Waals surface area (Å²) in [5.41, 5.74) is 2.60. The quantitative estimate of drug-likeness (QED) is 0.819. The summed E-state index contributed by atoms with van der Waals surface area (Å²) in [5.74, 6) is 0.922. The predicted octanol–water partition coefficient (Wildman–Crippen LogP) is 2.99. The zero-order valence-electron chi connectivity index (χ0n) is 12.4. The van der Waals surface area contributed by atoms with Gasteiger partial charge in [0, 0.05) is 36.7 Å². The van der Waals surface area contributed by atoms with Gasteiger partial charge in [-0.2, -0.15) is 0 Å². The molecule has 1 aromatic carbocycles. The molecular formula is C17H25N3. The second kappa shape index (κ2) is 6.42. The van der Waals surface area contributed by atoms with Crippen LogP contribution in [0.2, 0.25) is 0 Å². The molecule has 1 aliphatic heterocycles. The number of nitrogens with one attached hydrogen (secondary N) is 2. The topological polar surface area (TPSA) is 31.1 Å². The number of piperidine rings is 1. The smallest absolute Gasteiger partial charge is 0.0457 e. The molecule has 0 saturated carbocycles. The average molecular weight is 271 g/mol. The van der Waals surface area contributed by atoms with Gasteiger partial charge < -0.3 is 15.2 Å². The largest absolute Gasteiger partial charge is 0.361 e. The van der Waals surface area contributed by atoms with E-state index >= 15 is 0 Å². The molecule has 1 saturated heterocycles. The van der Waals surface area contributed by atoms with Crippen molar-refractivity contribution in [3.63, 3.8) is 0 Å². The molecule has 1 fully saturated rings. The van der Waals surface area contributed by atoms with Crippen molar-refractivity contribution < 1.29 is 0 Å². The van der Waals surface area contributed by atoms with Gasteiger partial charge >= 0.3 is 0 Å². The molecule has 0 amide bonds. The highest BCUT2D eigenvalue weighted by Gasteiger charge is 2.14. The third-order valence-electron chi connectivity index (χ3n) is 4.47. The zero-order valence-corrected chi connectivity index (χ0v) is 12.4. The minimum absolute atomic E-state index is 0.922. The van der Waals surface area contributed by atoms with Gasteiger partial charge in [-0.1, -0.05) is 25.1 Å². The number of benzene rings is 1. The normalized spacial score (nSPS) is 17.9. The van der Waals surface area contributed by atoms with Crippen LogP contribution < -0.4 is 5.32 Å². The van der Waals surface area contributed by atoms with Gasteiger partial charge in [-0.3, -0.25) is 0 Å². The third-order valence-corrected chi connectivity index (χ3v) is 4.47. The number of hydrogen-bond acceptors (Lipinski definition) is 2. The fourth-order valence-corrected chi connectivity index (χ4v) is 3.02.